The highest BCUT2D eigenvalue weighted by Gasteiger charge is 2.00. The lowest BCUT2D eigenvalue weighted by atomic mass is 10.2. The van der Waals surface area contributed by atoms with E-state index in [4.69, 9.17) is 18.9 Å². The molecule has 0 aromatic rings. The van der Waals surface area contributed by atoms with Crippen molar-refractivity contribution >= 4 is 5.97 Å². The van der Waals surface area contributed by atoms with Crippen LogP contribution in [0.3, 0.4) is 0 Å². The highest BCUT2D eigenvalue weighted by Crippen LogP contribution is 1.96. The van der Waals surface area contributed by atoms with Crippen LogP contribution in [0.15, 0.2) is 0 Å². The van der Waals surface area contributed by atoms with E-state index in [0.29, 0.717) is 52.7 Å². The molecule has 0 aliphatic carbocycles. The van der Waals surface area contributed by atoms with Gasteiger partial charge in [0.1, 0.15) is 6.61 Å². The normalized spacial score (nSPS) is 10.6. The minimum absolute atomic E-state index is 0.145. The lowest BCUT2D eigenvalue weighted by Gasteiger charge is -2.07. The molecule has 0 aliphatic rings. The van der Waals surface area contributed by atoms with Crippen molar-refractivity contribution in [2.75, 3.05) is 46.2 Å². The summed E-state index contributed by atoms with van der Waals surface area (Å²) in [5.41, 5.74) is 0. The maximum Gasteiger partial charge on any atom is 0.305 e. The van der Waals surface area contributed by atoms with Gasteiger partial charge in [0, 0.05) is 13.0 Å². The fraction of sp³-hybridized carbons (Fsp3) is 0.923. The average molecular weight is 262 g/mol. The largest absolute Gasteiger partial charge is 0.463 e. The molecule has 0 unspecified atom stereocenters. The molecule has 0 aromatic heterocycles. The van der Waals surface area contributed by atoms with Gasteiger partial charge in [-0.25, -0.2) is 0 Å². The molecule has 0 N–H and O–H groups in total. The van der Waals surface area contributed by atoms with Gasteiger partial charge in [-0.2, -0.15) is 0 Å². The second-order valence-electron chi connectivity index (χ2n) is 3.75. The van der Waals surface area contributed by atoms with E-state index in [0.717, 1.165) is 12.8 Å². The van der Waals surface area contributed by atoms with Gasteiger partial charge in [0.25, 0.3) is 0 Å². The lowest BCUT2D eigenvalue weighted by molar-refractivity contribution is -0.145. The molecule has 0 radical (unpaired) electrons. The Hall–Kier alpha value is -0.650. The monoisotopic (exact) mass is 262 g/mol. The molecule has 5 nitrogen and oxygen atoms in total. The van der Waals surface area contributed by atoms with Crippen molar-refractivity contribution in [3.63, 3.8) is 0 Å². The Kier molecular flexibility index (Phi) is 13.9. The molecular weight excluding hydrogens is 236 g/mol. The van der Waals surface area contributed by atoms with E-state index in [1.54, 1.807) is 0 Å². The summed E-state index contributed by atoms with van der Waals surface area (Å²) in [7, 11) is 0. The van der Waals surface area contributed by atoms with E-state index in [-0.39, 0.29) is 5.97 Å². The number of esters is 1. The van der Waals surface area contributed by atoms with Gasteiger partial charge < -0.3 is 18.9 Å². The van der Waals surface area contributed by atoms with E-state index < -0.39 is 0 Å². The molecule has 0 aromatic carbocycles. The van der Waals surface area contributed by atoms with Crippen molar-refractivity contribution in [3.8, 4) is 0 Å². The van der Waals surface area contributed by atoms with Crippen LogP contribution in [0.5, 0.6) is 0 Å². The first kappa shape index (κ1) is 17.4. The summed E-state index contributed by atoms with van der Waals surface area (Å²) in [4.78, 5) is 11.1. The maximum atomic E-state index is 11.1. The fourth-order valence-electron chi connectivity index (χ4n) is 1.19. The van der Waals surface area contributed by atoms with Crippen LogP contribution in [0.1, 0.15) is 33.1 Å². The molecule has 0 fully saturated rings. The Labute approximate surface area is 110 Å². The standard InChI is InChI=1S/C13H26O5/c1-3-5-6-13(14)18-12-11-17-10-9-16-8-7-15-4-2/h3-12H2,1-2H3. The first-order chi connectivity index (χ1) is 8.81. The summed E-state index contributed by atoms with van der Waals surface area (Å²) in [5.74, 6) is -0.145. The Morgan fingerprint density at radius 2 is 1.39 bits per heavy atom. The molecular formula is C13H26O5. The predicted octanol–water partition coefficient (Wildman–Crippen LogP) is 1.79. The van der Waals surface area contributed by atoms with Crippen LogP contribution in [-0.2, 0) is 23.7 Å². The van der Waals surface area contributed by atoms with Crippen LogP contribution in [0.4, 0.5) is 0 Å². The summed E-state index contributed by atoms with van der Waals surface area (Å²) in [5, 5.41) is 0. The van der Waals surface area contributed by atoms with Crippen LogP contribution >= 0.6 is 0 Å². The third-order valence-corrected chi connectivity index (χ3v) is 2.17. The summed E-state index contributed by atoms with van der Waals surface area (Å²) in [6, 6.07) is 0. The number of carbonyl (C=O) groups is 1. The Morgan fingerprint density at radius 3 is 1.94 bits per heavy atom. The van der Waals surface area contributed by atoms with Crippen LogP contribution in [0, 0.1) is 0 Å². The van der Waals surface area contributed by atoms with E-state index in [9.17, 15) is 4.79 Å². The molecule has 0 heterocycles. The van der Waals surface area contributed by atoms with E-state index in [1.165, 1.54) is 0 Å². The molecule has 0 spiro atoms. The molecule has 18 heavy (non-hydrogen) atoms. The molecule has 0 saturated carbocycles. The lowest BCUT2D eigenvalue weighted by Crippen LogP contribution is -2.13. The number of ether oxygens (including phenoxy) is 4. The minimum atomic E-state index is -0.145. The van der Waals surface area contributed by atoms with Gasteiger partial charge in [-0.3, -0.25) is 4.79 Å². The van der Waals surface area contributed by atoms with Crippen molar-refractivity contribution in [3.05, 3.63) is 0 Å². The Morgan fingerprint density at radius 1 is 0.833 bits per heavy atom. The van der Waals surface area contributed by atoms with E-state index >= 15 is 0 Å². The number of unbranched alkanes of at least 4 members (excludes halogenated alkanes) is 1. The first-order valence-corrected chi connectivity index (χ1v) is 6.70. The number of carbonyl (C=O) groups excluding carboxylic acids is 1. The van der Waals surface area contributed by atoms with Crippen molar-refractivity contribution in [2.45, 2.75) is 33.1 Å². The SMILES string of the molecule is CCCCC(=O)OCCOCCOCCOCC. The Bertz CT molecular complexity index is 184. The van der Waals surface area contributed by atoms with E-state index in [2.05, 4.69) is 0 Å². The molecule has 0 aliphatic heterocycles. The first-order valence-electron chi connectivity index (χ1n) is 6.70. The van der Waals surface area contributed by atoms with Crippen molar-refractivity contribution < 1.29 is 23.7 Å². The number of hydrogen-bond donors (Lipinski definition) is 0. The smallest absolute Gasteiger partial charge is 0.305 e. The average Bonchev–Trinajstić information content (AvgIpc) is 2.38. The van der Waals surface area contributed by atoms with Crippen LogP contribution in [-0.4, -0.2) is 52.2 Å². The van der Waals surface area contributed by atoms with Crippen LogP contribution < -0.4 is 0 Å². The van der Waals surface area contributed by atoms with E-state index in [1.807, 2.05) is 13.8 Å². The zero-order valence-corrected chi connectivity index (χ0v) is 11.6. The van der Waals surface area contributed by atoms with Gasteiger partial charge in [0.05, 0.1) is 33.0 Å². The molecule has 5 heteroatoms. The van der Waals surface area contributed by atoms with Gasteiger partial charge in [0.2, 0.25) is 0 Å². The molecule has 0 bridgehead atoms. The maximum absolute atomic E-state index is 11.1. The summed E-state index contributed by atoms with van der Waals surface area (Å²) < 4.78 is 20.6. The van der Waals surface area contributed by atoms with Crippen molar-refractivity contribution in [1.29, 1.82) is 0 Å². The highest BCUT2D eigenvalue weighted by molar-refractivity contribution is 5.69. The molecule has 108 valence electrons. The number of rotatable bonds is 13. The molecule has 0 amide bonds. The molecule has 0 atom stereocenters. The number of hydrogen-bond acceptors (Lipinski definition) is 5. The quantitative estimate of drug-likeness (QED) is 0.374. The predicted molar refractivity (Wildman–Crippen MR) is 68.6 cm³/mol. The van der Waals surface area contributed by atoms with Gasteiger partial charge in [0.15, 0.2) is 0 Å². The highest BCUT2D eigenvalue weighted by atomic mass is 16.6. The second kappa shape index (κ2) is 14.4. The third-order valence-electron chi connectivity index (χ3n) is 2.17. The Balaban J connectivity index is 3.04. The van der Waals surface area contributed by atoms with Crippen LogP contribution in [0.25, 0.3) is 0 Å². The fourth-order valence-corrected chi connectivity index (χ4v) is 1.19. The minimum Gasteiger partial charge on any atom is -0.463 e. The van der Waals surface area contributed by atoms with Gasteiger partial charge in [-0.15, -0.1) is 0 Å². The second-order valence-corrected chi connectivity index (χ2v) is 3.75. The topological polar surface area (TPSA) is 54.0 Å². The third kappa shape index (κ3) is 13.4. The van der Waals surface area contributed by atoms with Crippen LogP contribution in [0.2, 0.25) is 0 Å². The summed E-state index contributed by atoms with van der Waals surface area (Å²) in [6.45, 7) is 7.70. The van der Waals surface area contributed by atoms with Gasteiger partial charge in [-0.05, 0) is 13.3 Å². The van der Waals surface area contributed by atoms with Crippen molar-refractivity contribution in [1.82, 2.24) is 0 Å². The van der Waals surface area contributed by atoms with Crippen molar-refractivity contribution in [2.24, 2.45) is 0 Å². The summed E-state index contributed by atoms with van der Waals surface area (Å²) >= 11 is 0. The van der Waals surface area contributed by atoms with Gasteiger partial charge >= 0.3 is 5.97 Å². The van der Waals surface area contributed by atoms with Gasteiger partial charge in [-0.1, -0.05) is 13.3 Å². The zero-order valence-electron chi connectivity index (χ0n) is 11.6. The molecule has 0 saturated heterocycles. The summed E-state index contributed by atoms with van der Waals surface area (Å²) in [6.07, 6.45) is 2.38. The molecule has 0 rings (SSSR count). The zero-order chi connectivity index (χ0) is 13.5.